The average molecular weight is 291 g/mol. The molecule has 1 unspecified atom stereocenters. The fraction of sp³-hybridized carbons (Fsp3) is 0.357. The lowest BCUT2D eigenvalue weighted by Gasteiger charge is -2.16. The first-order valence-electron chi connectivity index (χ1n) is 6.40. The number of thiazole rings is 1. The topological polar surface area (TPSA) is 75.1 Å². The lowest BCUT2D eigenvalue weighted by atomic mass is 10.1. The third-order valence-corrected chi connectivity index (χ3v) is 3.79. The lowest BCUT2D eigenvalue weighted by molar-refractivity contribution is -0.140. The maximum Gasteiger partial charge on any atom is 0.320 e. The molecule has 2 heterocycles. The van der Waals surface area contributed by atoms with E-state index in [2.05, 4.69) is 15.3 Å². The minimum absolute atomic E-state index is 0.0291. The van der Waals surface area contributed by atoms with Gasteiger partial charge in [-0.05, 0) is 18.1 Å². The highest BCUT2D eigenvalue weighted by Crippen LogP contribution is 2.21. The van der Waals surface area contributed by atoms with Gasteiger partial charge in [0.1, 0.15) is 11.0 Å². The summed E-state index contributed by atoms with van der Waals surface area (Å²) in [5, 5.41) is 14.9. The Bertz CT molecular complexity index is 569. The van der Waals surface area contributed by atoms with Crippen molar-refractivity contribution in [3.05, 3.63) is 35.5 Å². The second-order valence-electron chi connectivity index (χ2n) is 4.80. The van der Waals surface area contributed by atoms with Gasteiger partial charge in [0.25, 0.3) is 0 Å². The van der Waals surface area contributed by atoms with E-state index in [4.69, 9.17) is 5.11 Å². The van der Waals surface area contributed by atoms with E-state index in [0.717, 1.165) is 16.4 Å². The minimum atomic E-state index is -0.833. The van der Waals surface area contributed by atoms with Crippen molar-refractivity contribution >= 4 is 17.3 Å². The number of nitrogens with one attached hydrogen (secondary N) is 1. The number of carbonyl (C=O) groups is 1. The standard InChI is InChI=1S/C14H17N3O2S/c1-9(2)12(14(18)19)16-7-10-8-20-13(17-10)11-5-3-4-6-15-11/h3-6,8-9,12,16H,7H2,1-2H3,(H,18,19). The van der Waals surface area contributed by atoms with E-state index in [-0.39, 0.29) is 5.92 Å². The van der Waals surface area contributed by atoms with Gasteiger partial charge in [-0.15, -0.1) is 11.3 Å². The van der Waals surface area contributed by atoms with Crippen molar-refractivity contribution in [1.29, 1.82) is 0 Å². The van der Waals surface area contributed by atoms with Gasteiger partial charge < -0.3 is 5.11 Å². The van der Waals surface area contributed by atoms with Crippen LogP contribution in [0.5, 0.6) is 0 Å². The summed E-state index contributed by atoms with van der Waals surface area (Å²) in [5.41, 5.74) is 1.67. The van der Waals surface area contributed by atoms with E-state index >= 15 is 0 Å². The molecule has 2 aromatic rings. The Kier molecular flexibility index (Phi) is 4.81. The number of hydrogen-bond donors (Lipinski definition) is 2. The molecule has 0 aliphatic heterocycles. The maximum atomic E-state index is 11.1. The Morgan fingerprint density at radius 2 is 2.25 bits per heavy atom. The molecular weight excluding hydrogens is 274 g/mol. The van der Waals surface area contributed by atoms with E-state index in [9.17, 15) is 4.79 Å². The quantitative estimate of drug-likeness (QED) is 0.855. The van der Waals surface area contributed by atoms with Gasteiger partial charge in [-0.2, -0.15) is 0 Å². The zero-order valence-electron chi connectivity index (χ0n) is 11.4. The van der Waals surface area contributed by atoms with Crippen LogP contribution in [0.15, 0.2) is 29.8 Å². The monoisotopic (exact) mass is 291 g/mol. The zero-order chi connectivity index (χ0) is 14.5. The van der Waals surface area contributed by atoms with Crippen LogP contribution < -0.4 is 5.32 Å². The summed E-state index contributed by atoms with van der Waals surface area (Å²) in [6.07, 6.45) is 1.73. The van der Waals surface area contributed by atoms with Crippen LogP contribution in [-0.4, -0.2) is 27.1 Å². The summed E-state index contributed by atoms with van der Waals surface area (Å²) in [5.74, 6) is -0.804. The van der Waals surface area contributed by atoms with Crippen LogP contribution in [0.3, 0.4) is 0 Å². The summed E-state index contributed by atoms with van der Waals surface area (Å²) >= 11 is 1.51. The van der Waals surface area contributed by atoms with Crippen LogP contribution >= 0.6 is 11.3 Å². The van der Waals surface area contributed by atoms with Gasteiger partial charge in [-0.25, -0.2) is 4.98 Å². The summed E-state index contributed by atoms with van der Waals surface area (Å²) in [4.78, 5) is 19.8. The molecule has 2 aromatic heterocycles. The van der Waals surface area contributed by atoms with Crippen molar-refractivity contribution < 1.29 is 9.90 Å². The molecule has 0 saturated heterocycles. The molecule has 0 aliphatic rings. The highest BCUT2D eigenvalue weighted by molar-refractivity contribution is 7.13. The minimum Gasteiger partial charge on any atom is -0.480 e. The predicted molar refractivity (Wildman–Crippen MR) is 78.4 cm³/mol. The van der Waals surface area contributed by atoms with E-state index in [1.165, 1.54) is 11.3 Å². The average Bonchev–Trinajstić information content (AvgIpc) is 2.88. The van der Waals surface area contributed by atoms with Crippen molar-refractivity contribution in [3.63, 3.8) is 0 Å². The number of carboxylic acids is 1. The Labute approximate surface area is 121 Å². The van der Waals surface area contributed by atoms with E-state index in [0.29, 0.717) is 6.54 Å². The summed E-state index contributed by atoms with van der Waals surface area (Å²) in [7, 11) is 0. The number of pyridine rings is 1. The van der Waals surface area contributed by atoms with E-state index in [1.807, 2.05) is 37.4 Å². The molecule has 0 saturated carbocycles. The Morgan fingerprint density at radius 3 is 2.85 bits per heavy atom. The third-order valence-electron chi connectivity index (χ3n) is 2.87. The molecule has 20 heavy (non-hydrogen) atoms. The van der Waals surface area contributed by atoms with Crippen molar-refractivity contribution in [2.75, 3.05) is 0 Å². The molecular formula is C14H17N3O2S. The Morgan fingerprint density at radius 1 is 1.45 bits per heavy atom. The first-order valence-corrected chi connectivity index (χ1v) is 7.28. The van der Waals surface area contributed by atoms with Gasteiger partial charge in [0.2, 0.25) is 0 Å². The van der Waals surface area contributed by atoms with Gasteiger partial charge in [0.05, 0.1) is 11.4 Å². The maximum absolute atomic E-state index is 11.1. The van der Waals surface area contributed by atoms with Gasteiger partial charge >= 0.3 is 5.97 Å². The number of carboxylic acid groups (broad SMARTS) is 1. The van der Waals surface area contributed by atoms with E-state index in [1.54, 1.807) is 6.20 Å². The zero-order valence-corrected chi connectivity index (χ0v) is 12.2. The summed E-state index contributed by atoms with van der Waals surface area (Å²) < 4.78 is 0. The largest absolute Gasteiger partial charge is 0.480 e. The fourth-order valence-electron chi connectivity index (χ4n) is 1.82. The second-order valence-corrected chi connectivity index (χ2v) is 5.66. The molecule has 0 aliphatic carbocycles. The third kappa shape index (κ3) is 3.61. The van der Waals surface area contributed by atoms with Gasteiger partial charge in [-0.1, -0.05) is 19.9 Å². The van der Waals surface area contributed by atoms with Crippen LogP contribution in [0, 0.1) is 5.92 Å². The molecule has 6 heteroatoms. The predicted octanol–water partition coefficient (Wildman–Crippen LogP) is 2.40. The Balaban J connectivity index is 2.02. The van der Waals surface area contributed by atoms with Crippen LogP contribution in [0.25, 0.3) is 10.7 Å². The highest BCUT2D eigenvalue weighted by Gasteiger charge is 2.20. The normalized spacial score (nSPS) is 12.6. The van der Waals surface area contributed by atoms with Gasteiger partial charge in [-0.3, -0.25) is 15.1 Å². The SMILES string of the molecule is CC(C)C(NCc1csc(-c2ccccn2)n1)C(=O)O. The van der Waals surface area contributed by atoms with Gasteiger partial charge in [0, 0.05) is 18.1 Å². The lowest BCUT2D eigenvalue weighted by Crippen LogP contribution is -2.40. The molecule has 2 N–H and O–H groups in total. The molecule has 106 valence electrons. The molecule has 0 spiro atoms. The first-order chi connectivity index (χ1) is 9.58. The molecule has 0 fully saturated rings. The van der Waals surface area contributed by atoms with Crippen LogP contribution in [0.4, 0.5) is 0 Å². The second kappa shape index (κ2) is 6.58. The van der Waals surface area contributed by atoms with E-state index < -0.39 is 12.0 Å². The number of nitrogens with zero attached hydrogens (tertiary/aromatic N) is 2. The van der Waals surface area contributed by atoms with Crippen LogP contribution in [0.1, 0.15) is 19.5 Å². The van der Waals surface area contributed by atoms with Crippen molar-refractivity contribution in [2.45, 2.75) is 26.4 Å². The number of hydrogen-bond acceptors (Lipinski definition) is 5. The fourth-order valence-corrected chi connectivity index (χ4v) is 2.61. The van der Waals surface area contributed by atoms with Crippen LogP contribution in [0.2, 0.25) is 0 Å². The van der Waals surface area contributed by atoms with Gasteiger partial charge in [0.15, 0.2) is 0 Å². The number of aliphatic carboxylic acids is 1. The van der Waals surface area contributed by atoms with Crippen molar-refractivity contribution in [1.82, 2.24) is 15.3 Å². The Hall–Kier alpha value is -1.79. The summed E-state index contributed by atoms with van der Waals surface area (Å²) in [6.45, 7) is 4.21. The molecule has 0 radical (unpaired) electrons. The van der Waals surface area contributed by atoms with Crippen LogP contribution in [-0.2, 0) is 11.3 Å². The van der Waals surface area contributed by atoms with Crippen molar-refractivity contribution in [3.8, 4) is 10.7 Å². The molecule has 1 atom stereocenters. The molecule has 2 rings (SSSR count). The van der Waals surface area contributed by atoms with Crippen molar-refractivity contribution in [2.24, 2.45) is 5.92 Å². The molecule has 0 bridgehead atoms. The molecule has 0 amide bonds. The molecule has 5 nitrogen and oxygen atoms in total. The number of rotatable bonds is 6. The number of aromatic nitrogens is 2. The molecule has 0 aromatic carbocycles. The highest BCUT2D eigenvalue weighted by atomic mass is 32.1. The first kappa shape index (κ1) is 14.6. The smallest absolute Gasteiger partial charge is 0.320 e. The summed E-state index contributed by atoms with van der Waals surface area (Å²) in [6, 6.07) is 5.13.